The maximum Gasteiger partial charge on any atom is 0.177 e. The number of nitrogens with zero attached hydrogens (tertiary/aromatic N) is 1. The first-order valence-corrected chi connectivity index (χ1v) is 28.9. The molecule has 4 aliphatic carbocycles. The molecule has 0 amide bonds. The molecule has 0 aromatic heterocycles. The first-order chi connectivity index (χ1) is 41.2. The highest BCUT2D eigenvalue weighted by Crippen LogP contribution is 2.66. The molecule has 1 spiro atoms. The SMILES string of the molecule is C1=CC2c3ccc(N(c4ccc(-c5cccc6c5Oc5cc7c(cc5O6)-c5ccccc5C75c6ccccc6-c6ccccc65)cc4)c4ccccc4-c4ccccc4)cc3C(c3ccccc3)(c3ccccc3)C2C=C1c1ccccc1. The van der Waals surface area contributed by atoms with Gasteiger partial charge in [-0.25, -0.2) is 0 Å². The second-order valence-electron chi connectivity index (χ2n) is 22.5. The molecule has 0 saturated heterocycles. The number of benzene rings is 12. The van der Waals surface area contributed by atoms with E-state index in [9.17, 15) is 0 Å². The lowest BCUT2D eigenvalue weighted by Crippen LogP contribution is -2.35. The molecule has 1 heterocycles. The number of para-hydroxylation sites is 2. The Kier molecular flexibility index (Phi) is 10.6. The van der Waals surface area contributed by atoms with Crippen LogP contribution in [0.2, 0.25) is 0 Å². The van der Waals surface area contributed by atoms with E-state index in [2.05, 4.69) is 308 Å². The van der Waals surface area contributed by atoms with E-state index in [1.54, 1.807) is 0 Å². The van der Waals surface area contributed by atoms with Gasteiger partial charge in [0.2, 0.25) is 0 Å². The van der Waals surface area contributed by atoms with E-state index in [-0.39, 0.29) is 11.8 Å². The molecule has 0 radical (unpaired) electrons. The standard InChI is InChI=1S/C80H53NO2/c1-5-22-52(23-6-1)55-42-46-65-66-47-45-59(49-72(66)79(71(65)48-55,56-26-9-3-10-27-56)57-28-11-4-12-29-57)81(74-38-20-16-30-60(74)53-24-7-2-8-25-53)58-43-40-54(41-44-58)61-34-21-39-75-78(61)83-77-51-73-67(50-76(77)82-75)64-33-15-19-37-70(64)80(73)68-35-17-13-31-62(68)63-32-14-18-36-69(63)80/h1-51,65,71H. The average molecular weight is 1060 g/mol. The molecule has 12 aromatic rings. The monoisotopic (exact) mass is 1060 g/mol. The smallest absolute Gasteiger partial charge is 0.177 e. The van der Waals surface area contributed by atoms with Gasteiger partial charge >= 0.3 is 0 Å². The Morgan fingerprint density at radius 3 is 1.51 bits per heavy atom. The van der Waals surface area contributed by atoms with Crippen LogP contribution >= 0.6 is 0 Å². The molecule has 3 nitrogen and oxygen atoms in total. The van der Waals surface area contributed by atoms with Gasteiger partial charge in [0.1, 0.15) is 0 Å². The van der Waals surface area contributed by atoms with Crippen LogP contribution in [0.15, 0.2) is 309 Å². The van der Waals surface area contributed by atoms with Crippen LogP contribution in [0.1, 0.15) is 56.0 Å². The maximum absolute atomic E-state index is 7.21. The lowest BCUT2D eigenvalue weighted by Gasteiger charge is -2.39. The third-order valence-electron chi connectivity index (χ3n) is 18.5. The Balaban J connectivity index is 0.804. The van der Waals surface area contributed by atoms with E-state index in [0.717, 1.165) is 39.3 Å². The minimum Gasteiger partial charge on any atom is -0.449 e. The van der Waals surface area contributed by atoms with Crippen LogP contribution in [0.3, 0.4) is 0 Å². The van der Waals surface area contributed by atoms with Crippen molar-refractivity contribution in [2.45, 2.75) is 16.7 Å². The van der Waals surface area contributed by atoms with Gasteiger partial charge in [0.15, 0.2) is 23.0 Å². The van der Waals surface area contributed by atoms with Crippen LogP contribution in [0.4, 0.5) is 17.1 Å². The van der Waals surface area contributed by atoms with E-state index >= 15 is 0 Å². The van der Waals surface area contributed by atoms with Crippen LogP contribution in [0.5, 0.6) is 23.0 Å². The number of hydrogen-bond acceptors (Lipinski definition) is 3. The van der Waals surface area contributed by atoms with Crippen molar-refractivity contribution in [2.75, 3.05) is 4.90 Å². The number of fused-ring (bicyclic) bond motifs is 15. The van der Waals surface area contributed by atoms with Gasteiger partial charge in [-0.3, -0.25) is 0 Å². The molecule has 0 fully saturated rings. The molecule has 0 saturated carbocycles. The summed E-state index contributed by atoms with van der Waals surface area (Å²) in [5.41, 5.74) is 24.2. The number of rotatable bonds is 8. The second kappa shape index (κ2) is 18.5. The van der Waals surface area contributed by atoms with Gasteiger partial charge in [-0.1, -0.05) is 261 Å². The number of allylic oxidation sites excluding steroid dienone is 4. The molecule has 17 rings (SSSR count). The molecule has 390 valence electrons. The van der Waals surface area contributed by atoms with Crippen molar-refractivity contribution in [2.24, 2.45) is 5.92 Å². The summed E-state index contributed by atoms with van der Waals surface area (Å²) in [5.74, 6) is 3.07. The lowest BCUT2D eigenvalue weighted by molar-refractivity contribution is 0.360. The summed E-state index contributed by atoms with van der Waals surface area (Å²) in [5, 5.41) is 0. The predicted octanol–water partition coefficient (Wildman–Crippen LogP) is 20.4. The molecule has 5 aliphatic rings. The van der Waals surface area contributed by atoms with Crippen molar-refractivity contribution in [3.05, 3.63) is 359 Å². The Morgan fingerprint density at radius 1 is 0.337 bits per heavy atom. The summed E-state index contributed by atoms with van der Waals surface area (Å²) in [6.45, 7) is 0. The Bertz CT molecular complexity index is 4530. The van der Waals surface area contributed by atoms with Crippen molar-refractivity contribution in [3.63, 3.8) is 0 Å². The zero-order valence-electron chi connectivity index (χ0n) is 45.4. The minimum atomic E-state index is -0.512. The zero-order valence-corrected chi connectivity index (χ0v) is 45.4. The quantitative estimate of drug-likeness (QED) is 0.151. The maximum atomic E-state index is 7.21. The van der Waals surface area contributed by atoms with Gasteiger partial charge in [-0.15, -0.1) is 0 Å². The Labute approximate surface area is 484 Å². The summed E-state index contributed by atoms with van der Waals surface area (Å²) in [7, 11) is 0. The molecule has 2 unspecified atom stereocenters. The molecule has 12 aromatic carbocycles. The van der Waals surface area contributed by atoms with Crippen LogP contribution in [-0.2, 0) is 10.8 Å². The Morgan fingerprint density at radius 2 is 0.855 bits per heavy atom. The summed E-state index contributed by atoms with van der Waals surface area (Å²) < 4.78 is 14.2. The molecule has 2 atom stereocenters. The summed E-state index contributed by atoms with van der Waals surface area (Å²) >= 11 is 0. The third kappa shape index (κ3) is 6.92. The first kappa shape index (κ1) is 47.3. The number of ether oxygens (including phenoxy) is 2. The predicted molar refractivity (Wildman–Crippen MR) is 337 cm³/mol. The van der Waals surface area contributed by atoms with Gasteiger partial charge in [-0.05, 0) is 138 Å². The van der Waals surface area contributed by atoms with Gasteiger partial charge in [-0.2, -0.15) is 0 Å². The molecule has 0 N–H and O–H groups in total. The third-order valence-corrected chi connectivity index (χ3v) is 18.5. The van der Waals surface area contributed by atoms with E-state index in [4.69, 9.17) is 9.47 Å². The molecule has 1 aliphatic heterocycles. The van der Waals surface area contributed by atoms with Crippen LogP contribution in [-0.4, -0.2) is 0 Å². The van der Waals surface area contributed by atoms with Crippen molar-refractivity contribution in [1.82, 2.24) is 0 Å². The van der Waals surface area contributed by atoms with Crippen molar-refractivity contribution in [1.29, 1.82) is 0 Å². The van der Waals surface area contributed by atoms with Crippen molar-refractivity contribution >= 4 is 22.6 Å². The van der Waals surface area contributed by atoms with Crippen molar-refractivity contribution in [3.8, 4) is 67.5 Å². The molecular formula is C80H53NO2. The van der Waals surface area contributed by atoms with E-state index in [1.165, 1.54) is 77.9 Å². The molecule has 83 heavy (non-hydrogen) atoms. The largest absolute Gasteiger partial charge is 0.449 e. The summed E-state index contributed by atoms with van der Waals surface area (Å²) in [6, 6.07) is 107. The second-order valence-corrected chi connectivity index (χ2v) is 22.5. The van der Waals surface area contributed by atoms with Crippen LogP contribution in [0, 0.1) is 5.92 Å². The fraction of sp³-hybridized carbons (Fsp3) is 0.0500. The van der Waals surface area contributed by atoms with Crippen LogP contribution < -0.4 is 14.4 Å². The fourth-order valence-electron chi connectivity index (χ4n) is 15.1. The Hall–Kier alpha value is -10.5. The number of hydrogen-bond donors (Lipinski definition) is 0. The minimum absolute atomic E-state index is 0.103. The van der Waals surface area contributed by atoms with Gasteiger partial charge in [0, 0.05) is 34.3 Å². The molecule has 0 bridgehead atoms. The highest BCUT2D eigenvalue weighted by Gasteiger charge is 2.55. The van der Waals surface area contributed by atoms with Crippen molar-refractivity contribution < 1.29 is 9.47 Å². The normalized spacial score (nSPS) is 16.4. The van der Waals surface area contributed by atoms with Gasteiger partial charge in [0.05, 0.1) is 16.5 Å². The average Bonchev–Trinajstić information content (AvgIpc) is 1.99. The lowest BCUT2D eigenvalue weighted by atomic mass is 9.62. The van der Waals surface area contributed by atoms with E-state index < -0.39 is 10.8 Å². The van der Waals surface area contributed by atoms with E-state index in [1.807, 2.05) is 6.07 Å². The topological polar surface area (TPSA) is 21.7 Å². The fourth-order valence-corrected chi connectivity index (χ4v) is 15.1. The zero-order chi connectivity index (χ0) is 54.6. The summed E-state index contributed by atoms with van der Waals surface area (Å²) in [6.07, 6.45) is 7.37. The van der Waals surface area contributed by atoms with Crippen LogP contribution in [0.25, 0.3) is 50.1 Å². The highest BCUT2D eigenvalue weighted by atomic mass is 16.6. The van der Waals surface area contributed by atoms with Gasteiger partial charge in [0.25, 0.3) is 0 Å². The first-order valence-electron chi connectivity index (χ1n) is 28.9. The van der Waals surface area contributed by atoms with Gasteiger partial charge < -0.3 is 14.4 Å². The molecular weight excluding hydrogens is 1010 g/mol. The highest BCUT2D eigenvalue weighted by molar-refractivity contribution is 5.96. The summed E-state index contributed by atoms with van der Waals surface area (Å²) in [4.78, 5) is 2.46. The number of anilines is 3. The molecule has 3 heteroatoms. The van der Waals surface area contributed by atoms with E-state index in [0.29, 0.717) is 23.0 Å².